The highest BCUT2D eigenvalue weighted by molar-refractivity contribution is 5.80. The second kappa shape index (κ2) is 8.13. The molecule has 1 aliphatic heterocycles. The molecule has 3 rings (SSSR count). The summed E-state index contributed by atoms with van der Waals surface area (Å²) in [6.45, 7) is 9.88. The van der Waals surface area contributed by atoms with Crippen molar-refractivity contribution in [3.63, 3.8) is 0 Å². The molecule has 1 amide bonds. The van der Waals surface area contributed by atoms with E-state index in [0.29, 0.717) is 6.04 Å². The van der Waals surface area contributed by atoms with Crippen molar-refractivity contribution in [2.45, 2.75) is 58.2 Å². The lowest BCUT2D eigenvalue weighted by Gasteiger charge is -2.33. The first-order chi connectivity index (χ1) is 11.6. The predicted octanol–water partition coefficient (Wildman–Crippen LogP) is -0.274. The monoisotopic (exact) mass is 331 g/mol. The Labute approximate surface area is 146 Å². The third kappa shape index (κ3) is 4.58. The molecule has 4 nitrogen and oxygen atoms in total. The average molecular weight is 332 g/mol. The van der Waals surface area contributed by atoms with Gasteiger partial charge in [-0.25, -0.2) is 0 Å². The summed E-state index contributed by atoms with van der Waals surface area (Å²) in [4.78, 5) is 15.6. The molecule has 1 atom stereocenters. The van der Waals surface area contributed by atoms with Gasteiger partial charge < -0.3 is 15.1 Å². The fraction of sp³-hybridized carbons (Fsp3) is 0.650. The molecule has 1 heterocycles. The number of piperazine rings is 1. The van der Waals surface area contributed by atoms with Crippen LogP contribution in [0, 0.1) is 6.92 Å². The van der Waals surface area contributed by atoms with E-state index in [2.05, 4.69) is 43.4 Å². The van der Waals surface area contributed by atoms with Gasteiger partial charge in [-0.1, -0.05) is 42.7 Å². The Hall–Kier alpha value is -1.39. The summed E-state index contributed by atoms with van der Waals surface area (Å²) >= 11 is 0. The fourth-order valence-corrected chi connectivity index (χ4v) is 4.23. The van der Waals surface area contributed by atoms with Crippen LogP contribution in [-0.2, 0) is 11.3 Å². The van der Waals surface area contributed by atoms with E-state index in [0.717, 1.165) is 32.7 Å². The molecule has 0 aromatic heterocycles. The van der Waals surface area contributed by atoms with Gasteiger partial charge in [0.1, 0.15) is 32.7 Å². The Morgan fingerprint density at radius 2 is 1.92 bits per heavy atom. The normalized spacial score (nSPS) is 26.2. The zero-order chi connectivity index (χ0) is 16.9. The summed E-state index contributed by atoms with van der Waals surface area (Å²) in [6, 6.07) is 9.37. The minimum atomic E-state index is 0.0890. The highest BCUT2D eigenvalue weighted by Gasteiger charge is 2.32. The van der Waals surface area contributed by atoms with Gasteiger partial charge >= 0.3 is 0 Å². The molecule has 3 N–H and O–H groups in total. The molecule has 1 saturated carbocycles. The minimum absolute atomic E-state index is 0.0890. The number of benzene rings is 1. The van der Waals surface area contributed by atoms with E-state index < -0.39 is 0 Å². The van der Waals surface area contributed by atoms with Crippen LogP contribution in [0.2, 0.25) is 0 Å². The summed E-state index contributed by atoms with van der Waals surface area (Å²) in [5, 5.41) is 3.27. The molecule has 2 aliphatic rings. The molecule has 1 aliphatic carbocycles. The molecule has 0 spiro atoms. The van der Waals surface area contributed by atoms with Crippen LogP contribution in [0.15, 0.2) is 24.3 Å². The van der Waals surface area contributed by atoms with Crippen molar-refractivity contribution in [1.82, 2.24) is 5.32 Å². The van der Waals surface area contributed by atoms with Crippen molar-refractivity contribution in [2.75, 3.05) is 26.2 Å². The fourth-order valence-electron chi connectivity index (χ4n) is 4.23. The lowest BCUT2D eigenvalue weighted by Crippen LogP contribution is -3.29. The van der Waals surface area contributed by atoms with Crippen LogP contribution in [-0.4, -0.2) is 44.2 Å². The van der Waals surface area contributed by atoms with Crippen molar-refractivity contribution in [3.05, 3.63) is 35.4 Å². The van der Waals surface area contributed by atoms with Crippen LogP contribution < -0.4 is 15.1 Å². The Bertz CT molecular complexity index is 546. The second-order valence-corrected chi connectivity index (χ2v) is 7.79. The van der Waals surface area contributed by atoms with E-state index in [4.69, 9.17) is 0 Å². The Balaban J connectivity index is 1.44. The molecule has 132 valence electrons. The number of rotatable bonds is 5. The second-order valence-electron chi connectivity index (χ2n) is 7.79. The number of carbonyl (C=O) groups is 1. The maximum absolute atomic E-state index is 12.5. The van der Waals surface area contributed by atoms with Crippen molar-refractivity contribution < 1.29 is 14.6 Å². The van der Waals surface area contributed by atoms with E-state index in [1.807, 2.05) is 0 Å². The molecular formula is C20H33N3O+2. The number of amides is 1. The third-order valence-corrected chi connectivity index (χ3v) is 5.84. The van der Waals surface area contributed by atoms with Crippen LogP contribution in [0.4, 0.5) is 0 Å². The minimum Gasteiger partial charge on any atom is -0.348 e. The smallest absolute Gasteiger partial charge is 0.278 e. The Morgan fingerprint density at radius 3 is 2.58 bits per heavy atom. The van der Waals surface area contributed by atoms with Gasteiger partial charge in [0, 0.05) is 11.6 Å². The molecule has 2 fully saturated rings. The molecule has 1 saturated heterocycles. The number of nitrogens with one attached hydrogen (secondary N) is 3. The van der Waals surface area contributed by atoms with Crippen LogP contribution in [0.1, 0.15) is 43.7 Å². The number of hydrogen-bond acceptors (Lipinski definition) is 1. The van der Waals surface area contributed by atoms with Gasteiger partial charge in [0.25, 0.3) is 5.91 Å². The van der Waals surface area contributed by atoms with Crippen molar-refractivity contribution in [2.24, 2.45) is 0 Å². The van der Waals surface area contributed by atoms with Gasteiger partial charge in [0.05, 0.1) is 0 Å². The van der Waals surface area contributed by atoms with Gasteiger partial charge in [-0.2, -0.15) is 0 Å². The third-order valence-electron chi connectivity index (χ3n) is 5.84. The molecule has 0 bridgehead atoms. The number of hydrogen-bond donors (Lipinski definition) is 3. The van der Waals surface area contributed by atoms with Gasteiger partial charge in [0.15, 0.2) is 6.04 Å². The van der Waals surface area contributed by atoms with E-state index >= 15 is 0 Å². The molecule has 1 aromatic rings. The Morgan fingerprint density at radius 1 is 1.21 bits per heavy atom. The average Bonchev–Trinajstić information content (AvgIpc) is 3.08. The summed E-state index contributed by atoms with van der Waals surface area (Å²) in [6.07, 6.45) is 4.88. The highest BCUT2D eigenvalue weighted by Crippen LogP contribution is 2.17. The standard InChI is InChI=1S/C20H31N3O/c1-16-6-5-7-18(14-16)15-22-10-12-23(13-11-22)17(2)20(24)21-19-8-3-4-9-19/h5-7,14,17,19H,3-4,8-13,15H2,1-2H3,(H,21,24)/p+2/t17-/m0/s1. The highest BCUT2D eigenvalue weighted by atomic mass is 16.2. The molecule has 4 heteroatoms. The Kier molecular flexibility index (Phi) is 5.90. The van der Waals surface area contributed by atoms with Crippen molar-refractivity contribution in [1.29, 1.82) is 0 Å². The zero-order valence-electron chi connectivity index (χ0n) is 15.2. The van der Waals surface area contributed by atoms with E-state index in [-0.39, 0.29) is 11.9 Å². The van der Waals surface area contributed by atoms with Gasteiger partial charge in [-0.15, -0.1) is 0 Å². The number of aryl methyl sites for hydroxylation is 1. The lowest BCUT2D eigenvalue weighted by molar-refractivity contribution is -1.02. The summed E-state index contributed by atoms with van der Waals surface area (Å²) in [5.74, 6) is 0.263. The molecule has 1 aromatic carbocycles. The summed E-state index contributed by atoms with van der Waals surface area (Å²) in [5.41, 5.74) is 2.77. The van der Waals surface area contributed by atoms with Crippen LogP contribution in [0.3, 0.4) is 0 Å². The SMILES string of the molecule is Cc1cccc(C[NH+]2CC[NH+]([C@@H](C)C(=O)NC3CCCC3)CC2)c1. The maximum atomic E-state index is 12.5. The van der Waals surface area contributed by atoms with E-state index in [1.165, 1.54) is 41.7 Å². The quantitative estimate of drug-likeness (QED) is 0.683. The topological polar surface area (TPSA) is 38.0 Å². The van der Waals surface area contributed by atoms with Crippen LogP contribution in [0.25, 0.3) is 0 Å². The number of carbonyl (C=O) groups excluding carboxylic acids is 1. The molecular weight excluding hydrogens is 298 g/mol. The number of quaternary nitrogens is 2. The van der Waals surface area contributed by atoms with Gasteiger partial charge in [-0.3, -0.25) is 4.79 Å². The summed E-state index contributed by atoms with van der Waals surface area (Å²) < 4.78 is 0. The van der Waals surface area contributed by atoms with Crippen molar-refractivity contribution in [3.8, 4) is 0 Å². The van der Waals surface area contributed by atoms with Crippen LogP contribution >= 0.6 is 0 Å². The molecule has 0 unspecified atom stereocenters. The first kappa shape index (κ1) is 17.4. The zero-order valence-corrected chi connectivity index (χ0v) is 15.2. The molecule has 24 heavy (non-hydrogen) atoms. The maximum Gasteiger partial charge on any atom is 0.278 e. The first-order valence-corrected chi connectivity index (χ1v) is 9.66. The van der Waals surface area contributed by atoms with E-state index in [1.54, 1.807) is 4.90 Å². The lowest BCUT2D eigenvalue weighted by atomic mass is 10.1. The van der Waals surface area contributed by atoms with E-state index in [9.17, 15) is 4.79 Å². The molecule has 0 radical (unpaired) electrons. The summed E-state index contributed by atoms with van der Waals surface area (Å²) in [7, 11) is 0. The largest absolute Gasteiger partial charge is 0.348 e. The van der Waals surface area contributed by atoms with Gasteiger partial charge in [-0.05, 0) is 26.7 Å². The first-order valence-electron chi connectivity index (χ1n) is 9.66. The van der Waals surface area contributed by atoms with Crippen LogP contribution in [0.5, 0.6) is 0 Å². The predicted molar refractivity (Wildman–Crippen MR) is 96.1 cm³/mol. The van der Waals surface area contributed by atoms with Gasteiger partial charge in [0.2, 0.25) is 0 Å². The van der Waals surface area contributed by atoms with Crippen molar-refractivity contribution >= 4 is 5.91 Å².